The second-order valence-corrected chi connectivity index (χ2v) is 8.04. The summed E-state index contributed by atoms with van der Waals surface area (Å²) in [5.74, 6) is 1.98. The number of aromatic nitrogens is 2. The molecule has 1 fully saturated rings. The minimum absolute atomic E-state index is 0.00987. The third-order valence-corrected chi connectivity index (χ3v) is 5.75. The number of carbonyl (C=O) groups is 1. The molecule has 7 nitrogen and oxygen atoms in total. The zero-order valence-corrected chi connectivity index (χ0v) is 18.1. The van der Waals surface area contributed by atoms with Crippen molar-refractivity contribution < 1.29 is 14.1 Å². The molecule has 0 atom stereocenters. The first kappa shape index (κ1) is 21.3. The van der Waals surface area contributed by atoms with Crippen molar-refractivity contribution in [1.82, 2.24) is 20.4 Å². The zero-order chi connectivity index (χ0) is 21.6. The van der Waals surface area contributed by atoms with Crippen LogP contribution in [0.3, 0.4) is 0 Å². The van der Waals surface area contributed by atoms with E-state index in [1.165, 1.54) is 0 Å². The third-order valence-electron chi connectivity index (χ3n) is 5.51. The van der Waals surface area contributed by atoms with Crippen molar-refractivity contribution in [3.8, 4) is 17.1 Å². The predicted octanol–water partition coefficient (Wildman–Crippen LogP) is 3.93. The Morgan fingerprint density at radius 1 is 1.23 bits per heavy atom. The fourth-order valence-corrected chi connectivity index (χ4v) is 3.97. The van der Waals surface area contributed by atoms with Crippen LogP contribution in [-0.4, -0.2) is 41.1 Å². The van der Waals surface area contributed by atoms with Crippen LogP contribution in [0, 0.1) is 5.92 Å². The van der Waals surface area contributed by atoms with Gasteiger partial charge in [-0.3, -0.25) is 9.69 Å². The van der Waals surface area contributed by atoms with Gasteiger partial charge < -0.3 is 14.6 Å². The Morgan fingerprint density at radius 3 is 2.81 bits per heavy atom. The number of rotatable bonds is 7. The highest BCUT2D eigenvalue weighted by Gasteiger charge is 2.26. The molecule has 1 saturated heterocycles. The summed E-state index contributed by atoms with van der Waals surface area (Å²) in [5, 5.41) is 7.74. The van der Waals surface area contributed by atoms with Crippen LogP contribution in [0.1, 0.15) is 24.3 Å². The number of benzene rings is 2. The van der Waals surface area contributed by atoms with Crippen LogP contribution >= 0.6 is 11.6 Å². The van der Waals surface area contributed by atoms with Crippen LogP contribution in [0.2, 0.25) is 5.02 Å². The first-order valence-corrected chi connectivity index (χ1v) is 10.7. The topological polar surface area (TPSA) is 80.5 Å². The van der Waals surface area contributed by atoms with Gasteiger partial charge in [0.1, 0.15) is 5.75 Å². The lowest BCUT2D eigenvalue weighted by Gasteiger charge is -2.30. The Morgan fingerprint density at radius 2 is 2.03 bits per heavy atom. The monoisotopic (exact) mass is 440 g/mol. The quantitative estimate of drug-likeness (QED) is 0.599. The van der Waals surface area contributed by atoms with Gasteiger partial charge in [-0.1, -0.05) is 47.1 Å². The fraction of sp³-hybridized carbons (Fsp3) is 0.348. The summed E-state index contributed by atoms with van der Waals surface area (Å²) in [6, 6.07) is 15.1. The van der Waals surface area contributed by atoms with Crippen LogP contribution in [-0.2, 0) is 17.9 Å². The predicted molar refractivity (Wildman–Crippen MR) is 118 cm³/mol. The molecule has 2 aromatic carbocycles. The number of likely N-dealkylation sites (tertiary alicyclic amines) is 1. The molecule has 1 N–H and O–H groups in total. The number of piperidine rings is 1. The summed E-state index contributed by atoms with van der Waals surface area (Å²) >= 11 is 6.04. The Bertz CT molecular complexity index is 1030. The van der Waals surface area contributed by atoms with Gasteiger partial charge in [0.15, 0.2) is 0 Å². The maximum absolute atomic E-state index is 12.6. The molecular weight excluding hydrogens is 416 g/mol. The van der Waals surface area contributed by atoms with E-state index in [-0.39, 0.29) is 11.8 Å². The SMILES string of the molecule is COc1ccccc1CNC(=O)C1CCN(Cc2nc(-c3cccc(Cl)c3)no2)CC1. The molecule has 8 heteroatoms. The maximum atomic E-state index is 12.6. The van der Waals surface area contributed by atoms with E-state index in [0.29, 0.717) is 29.8 Å². The number of halogens is 1. The standard InChI is InChI=1S/C23H25ClN4O3/c1-30-20-8-3-2-5-18(20)14-25-23(29)16-9-11-28(12-10-16)15-21-26-22(27-31-21)17-6-4-7-19(24)13-17/h2-8,13,16H,9-12,14-15H2,1H3,(H,25,29). The largest absolute Gasteiger partial charge is 0.496 e. The normalized spacial score (nSPS) is 15.0. The van der Waals surface area contributed by atoms with Crippen LogP contribution in [0.15, 0.2) is 53.1 Å². The first-order valence-electron chi connectivity index (χ1n) is 10.3. The maximum Gasteiger partial charge on any atom is 0.241 e. The van der Waals surface area contributed by atoms with E-state index in [4.69, 9.17) is 20.9 Å². The van der Waals surface area contributed by atoms with Gasteiger partial charge in [-0.15, -0.1) is 0 Å². The molecule has 31 heavy (non-hydrogen) atoms. The molecule has 4 rings (SSSR count). The van der Waals surface area contributed by atoms with Crippen LogP contribution in [0.5, 0.6) is 5.75 Å². The first-order chi connectivity index (χ1) is 15.1. The average Bonchev–Trinajstić information content (AvgIpc) is 3.26. The van der Waals surface area contributed by atoms with Gasteiger partial charge in [0, 0.05) is 28.6 Å². The highest BCUT2D eigenvalue weighted by Crippen LogP contribution is 2.23. The van der Waals surface area contributed by atoms with E-state index in [9.17, 15) is 4.79 Å². The molecule has 0 spiro atoms. The van der Waals surface area contributed by atoms with Crippen molar-refractivity contribution in [2.45, 2.75) is 25.9 Å². The second kappa shape index (κ2) is 9.94. The number of hydrogen-bond acceptors (Lipinski definition) is 6. The number of methoxy groups -OCH3 is 1. The van der Waals surface area contributed by atoms with E-state index in [1.54, 1.807) is 7.11 Å². The van der Waals surface area contributed by atoms with Crippen molar-refractivity contribution in [2.24, 2.45) is 5.92 Å². The van der Waals surface area contributed by atoms with Gasteiger partial charge in [0.2, 0.25) is 17.6 Å². The molecule has 1 aliphatic heterocycles. The van der Waals surface area contributed by atoms with Crippen molar-refractivity contribution in [2.75, 3.05) is 20.2 Å². The highest BCUT2D eigenvalue weighted by molar-refractivity contribution is 6.30. The second-order valence-electron chi connectivity index (χ2n) is 7.60. The summed E-state index contributed by atoms with van der Waals surface area (Å²) < 4.78 is 10.8. The number of nitrogens with one attached hydrogen (secondary N) is 1. The Hall–Kier alpha value is -2.90. The Kier molecular flexibility index (Phi) is 6.84. The van der Waals surface area contributed by atoms with E-state index in [1.807, 2.05) is 48.5 Å². The van der Waals surface area contributed by atoms with E-state index in [2.05, 4.69) is 20.4 Å². The van der Waals surface area contributed by atoms with Crippen molar-refractivity contribution in [3.63, 3.8) is 0 Å². The van der Waals surface area contributed by atoms with Crippen LogP contribution in [0.25, 0.3) is 11.4 Å². The summed E-state index contributed by atoms with van der Waals surface area (Å²) in [7, 11) is 1.64. The molecule has 0 unspecified atom stereocenters. The summed E-state index contributed by atoms with van der Waals surface area (Å²) in [6.45, 7) is 2.66. The number of para-hydroxylation sites is 1. The van der Waals surface area contributed by atoms with E-state index >= 15 is 0 Å². The number of amides is 1. The lowest BCUT2D eigenvalue weighted by molar-refractivity contribution is -0.126. The van der Waals surface area contributed by atoms with Crippen LogP contribution in [0.4, 0.5) is 0 Å². The van der Waals surface area contributed by atoms with Gasteiger partial charge in [0.05, 0.1) is 13.7 Å². The smallest absolute Gasteiger partial charge is 0.241 e. The van der Waals surface area contributed by atoms with Gasteiger partial charge in [0.25, 0.3) is 0 Å². The van der Waals surface area contributed by atoms with E-state index in [0.717, 1.165) is 42.8 Å². The summed E-state index contributed by atoms with van der Waals surface area (Å²) in [6.07, 6.45) is 1.60. The Balaban J connectivity index is 1.26. The van der Waals surface area contributed by atoms with Crippen molar-refractivity contribution >= 4 is 17.5 Å². The molecule has 1 amide bonds. The molecule has 0 radical (unpaired) electrons. The van der Waals surface area contributed by atoms with Crippen molar-refractivity contribution in [3.05, 3.63) is 65.0 Å². The lowest BCUT2D eigenvalue weighted by atomic mass is 9.96. The minimum atomic E-state index is 0.00987. The average molecular weight is 441 g/mol. The molecule has 2 heterocycles. The van der Waals surface area contributed by atoms with Crippen LogP contribution < -0.4 is 10.1 Å². The summed E-state index contributed by atoms with van der Waals surface area (Å²) in [4.78, 5) is 19.3. The van der Waals surface area contributed by atoms with Gasteiger partial charge in [-0.05, 0) is 44.1 Å². The number of carbonyl (C=O) groups excluding carboxylic acids is 1. The minimum Gasteiger partial charge on any atom is -0.496 e. The number of nitrogens with zero attached hydrogens (tertiary/aromatic N) is 3. The van der Waals surface area contributed by atoms with Gasteiger partial charge >= 0.3 is 0 Å². The zero-order valence-electron chi connectivity index (χ0n) is 17.4. The molecule has 1 aliphatic rings. The molecule has 0 saturated carbocycles. The molecule has 0 aliphatic carbocycles. The number of ether oxygens (including phenoxy) is 1. The molecule has 0 bridgehead atoms. The molecular formula is C23H25ClN4O3. The highest BCUT2D eigenvalue weighted by atomic mass is 35.5. The van der Waals surface area contributed by atoms with E-state index < -0.39 is 0 Å². The fourth-order valence-electron chi connectivity index (χ4n) is 3.78. The summed E-state index contributed by atoms with van der Waals surface area (Å²) in [5.41, 5.74) is 1.80. The molecule has 1 aromatic heterocycles. The third kappa shape index (κ3) is 5.42. The van der Waals surface area contributed by atoms with Gasteiger partial charge in [-0.25, -0.2) is 0 Å². The number of hydrogen-bond donors (Lipinski definition) is 1. The lowest BCUT2D eigenvalue weighted by Crippen LogP contribution is -2.40. The molecule has 3 aromatic rings. The van der Waals surface area contributed by atoms with Crippen molar-refractivity contribution in [1.29, 1.82) is 0 Å². The van der Waals surface area contributed by atoms with Gasteiger partial charge in [-0.2, -0.15) is 4.98 Å². The molecule has 162 valence electrons. The Labute approximate surface area is 186 Å².